The van der Waals surface area contributed by atoms with Gasteiger partial charge in [-0.15, -0.1) is 11.6 Å². The number of primary sulfonamides is 1. The molecule has 0 bridgehead atoms. The normalized spacial score (nSPS) is 22.0. The molecule has 2 rings (SSSR count). The Bertz CT molecular complexity index is 750. The molecule has 1 aromatic carbocycles. The van der Waals surface area contributed by atoms with Gasteiger partial charge in [0.15, 0.2) is 0 Å². The first-order valence-corrected chi connectivity index (χ1v) is 7.55. The number of nitrogens with zero attached hydrogens (tertiary/aromatic N) is 3. The highest BCUT2D eigenvalue weighted by molar-refractivity contribution is 7.89. The molecule has 1 aliphatic rings. The molecular weight excluding hydrogens is 300 g/mol. The highest BCUT2D eigenvalue weighted by Crippen LogP contribution is 2.34. The Kier molecular flexibility index (Phi) is 3.87. The fraction of sp³-hybridized carbons (Fsp3) is 0.167. The number of hydrogen-bond acceptors (Lipinski definition) is 3. The summed E-state index contributed by atoms with van der Waals surface area (Å²) in [6.07, 6.45) is 5.13. The summed E-state index contributed by atoms with van der Waals surface area (Å²) in [5, 5.41) is 8.68. The molecule has 1 aromatic rings. The average Bonchev–Trinajstić information content (AvgIpc) is 2.39. The predicted molar refractivity (Wildman–Crippen MR) is 77.3 cm³/mol. The number of benzene rings is 1. The molecule has 6 nitrogen and oxygen atoms in total. The van der Waals surface area contributed by atoms with Gasteiger partial charge in [0.25, 0.3) is 0 Å². The molecule has 20 heavy (non-hydrogen) atoms. The van der Waals surface area contributed by atoms with Crippen LogP contribution in [0, 0.1) is 0 Å². The van der Waals surface area contributed by atoms with E-state index in [1.54, 1.807) is 30.4 Å². The number of hydrogen-bond donors (Lipinski definition) is 1. The Hall–Kier alpha value is -1.79. The molecule has 0 saturated heterocycles. The number of allylic oxidation sites excluding steroid dienone is 2. The molecule has 0 aliphatic heterocycles. The molecular formula is C12H11ClN4O2S. The second-order valence-corrected chi connectivity index (χ2v) is 6.43. The van der Waals surface area contributed by atoms with Crippen molar-refractivity contribution in [3.05, 3.63) is 58.5 Å². The second-order valence-electron chi connectivity index (χ2n) is 4.25. The van der Waals surface area contributed by atoms with Crippen LogP contribution in [0.2, 0.25) is 0 Å². The first-order valence-electron chi connectivity index (χ1n) is 5.62. The van der Waals surface area contributed by atoms with Crippen LogP contribution in [0.15, 0.2) is 52.5 Å². The third-order valence-electron chi connectivity index (χ3n) is 2.84. The summed E-state index contributed by atoms with van der Waals surface area (Å²) in [5.74, 6) is 0. The summed E-state index contributed by atoms with van der Waals surface area (Å²) < 4.78 is 23.1. The second kappa shape index (κ2) is 5.30. The van der Waals surface area contributed by atoms with Crippen LogP contribution in [0.1, 0.15) is 12.0 Å². The lowest BCUT2D eigenvalue weighted by atomic mass is 9.97. The molecule has 0 amide bonds. The van der Waals surface area contributed by atoms with E-state index in [-0.39, 0.29) is 11.3 Å². The van der Waals surface area contributed by atoms with Crippen molar-refractivity contribution in [2.24, 2.45) is 10.3 Å². The predicted octanol–water partition coefficient (Wildman–Crippen LogP) is 2.92. The fourth-order valence-electron chi connectivity index (χ4n) is 1.91. The Labute approximate surface area is 121 Å². The summed E-state index contributed by atoms with van der Waals surface area (Å²) in [6.45, 7) is 0. The molecule has 0 saturated carbocycles. The van der Waals surface area contributed by atoms with Crippen molar-refractivity contribution in [3.63, 3.8) is 0 Å². The lowest BCUT2D eigenvalue weighted by molar-refractivity contribution is 0.597. The van der Waals surface area contributed by atoms with Gasteiger partial charge < -0.3 is 0 Å². The standard InChI is InChI=1S/C12H11ClN4O2S/c13-12(16-17-14)7-5-9(6-8-12)10-3-1-2-4-11(10)20(15,18)19/h1-7H,8H2,(H2,15,18,19). The molecule has 0 fully saturated rings. The Balaban J connectivity index is 2.45. The highest BCUT2D eigenvalue weighted by Gasteiger charge is 2.25. The van der Waals surface area contributed by atoms with Gasteiger partial charge in [0, 0.05) is 10.5 Å². The number of azide groups is 1. The largest absolute Gasteiger partial charge is 0.238 e. The maximum absolute atomic E-state index is 11.6. The van der Waals surface area contributed by atoms with Gasteiger partial charge in [0.2, 0.25) is 10.0 Å². The van der Waals surface area contributed by atoms with Crippen LogP contribution in [0.4, 0.5) is 0 Å². The number of alkyl halides is 1. The maximum atomic E-state index is 11.6. The van der Waals surface area contributed by atoms with Gasteiger partial charge in [-0.1, -0.05) is 41.5 Å². The van der Waals surface area contributed by atoms with Gasteiger partial charge in [-0.2, -0.15) is 0 Å². The van der Waals surface area contributed by atoms with E-state index in [1.165, 1.54) is 12.1 Å². The highest BCUT2D eigenvalue weighted by atomic mass is 35.5. The lowest BCUT2D eigenvalue weighted by Crippen LogP contribution is -2.17. The van der Waals surface area contributed by atoms with E-state index in [4.69, 9.17) is 22.3 Å². The molecule has 2 N–H and O–H groups in total. The van der Waals surface area contributed by atoms with Gasteiger partial charge in [-0.05, 0) is 23.6 Å². The Morgan fingerprint density at radius 1 is 1.40 bits per heavy atom. The third kappa shape index (κ3) is 3.02. The van der Waals surface area contributed by atoms with E-state index in [0.717, 1.165) is 0 Å². The zero-order valence-corrected chi connectivity index (χ0v) is 11.8. The van der Waals surface area contributed by atoms with E-state index < -0.39 is 15.0 Å². The molecule has 0 heterocycles. The first kappa shape index (κ1) is 14.6. The fourth-order valence-corrected chi connectivity index (χ4v) is 2.84. The summed E-state index contributed by atoms with van der Waals surface area (Å²) >= 11 is 6.06. The Morgan fingerprint density at radius 3 is 2.65 bits per heavy atom. The van der Waals surface area contributed by atoms with Crippen LogP contribution in [0.5, 0.6) is 0 Å². The average molecular weight is 311 g/mol. The molecule has 0 aromatic heterocycles. The van der Waals surface area contributed by atoms with E-state index >= 15 is 0 Å². The van der Waals surface area contributed by atoms with Crippen molar-refractivity contribution in [3.8, 4) is 0 Å². The zero-order valence-electron chi connectivity index (χ0n) is 10.3. The minimum Gasteiger partial charge on any atom is -0.225 e. The molecule has 1 atom stereocenters. The van der Waals surface area contributed by atoms with Crippen molar-refractivity contribution < 1.29 is 8.42 Å². The van der Waals surface area contributed by atoms with E-state index in [2.05, 4.69) is 10.0 Å². The SMILES string of the molecule is [N-]=[N+]=NC1(Cl)C=CC(c2ccccc2S(N)(=O)=O)=CC1. The van der Waals surface area contributed by atoms with E-state index in [9.17, 15) is 8.42 Å². The van der Waals surface area contributed by atoms with Gasteiger partial charge >= 0.3 is 0 Å². The van der Waals surface area contributed by atoms with Crippen molar-refractivity contribution in [1.29, 1.82) is 0 Å². The summed E-state index contributed by atoms with van der Waals surface area (Å²) in [7, 11) is -3.81. The molecule has 104 valence electrons. The minimum atomic E-state index is -3.81. The van der Waals surface area contributed by atoms with Gasteiger partial charge in [0.1, 0.15) is 5.00 Å². The van der Waals surface area contributed by atoms with Crippen LogP contribution in [-0.4, -0.2) is 13.4 Å². The number of rotatable bonds is 3. The van der Waals surface area contributed by atoms with Crippen LogP contribution in [-0.2, 0) is 10.0 Å². The topological polar surface area (TPSA) is 109 Å². The molecule has 0 radical (unpaired) electrons. The summed E-state index contributed by atoms with van der Waals surface area (Å²) in [6, 6.07) is 6.41. The van der Waals surface area contributed by atoms with Crippen molar-refractivity contribution >= 4 is 27.2 Å². The molecule has 1 aliphatic carbocycles. The van der Waals surface area contributed by atoms with Crippen LogP contribution >= 0.6 is 11.6 Å². The molecule has 1 unspecified atom stereocenters. The maximum Gasteiger partial charge on any atom is 0.238 e. The monoisotopic (exact) mass is 310 g/mol. The summed E-state index contributed by atoms with van der Waals surface area (Å²) in [4.78, 5) is 1.58. The van der Waals surface area contributed by atoms with Crippen LogP contribution in [0.3, 0.4) is 0 Å². The number of nitrogens with two attached hydrogens (primary N) is 1. The number of halogens is 1. The zero-order chi connectivity index (χ0) is 14.8. The van der Waals surface area contributed by atoms with Gasteiger partial charge in [0.05, 0.1) is 4.90 Å². The summed E-state index contributed by atoms with van der Waals surface area (Å²) in [5.41, 5.74) is 9.60. The molecule has 0 spiro atoms. The van der Waals surface area contributed by atoms with Crippen molar-refractivity contribution in [1.82, 2.24) is 0 Å². The number of sulfonamides is 1. The van der Waals surface area contributed by atoms with Gasteiger partial charge in [-0.3, -0.25) is 0 Å². The Morgan fingerprint density at radius 2 is 2.10 bits per heavy atom. The smallest absolute Gasteiger partial charge is 0.225 e. The lowest BCUT2D eigenvalue weighted by Gasteiger charge is -2.20. The van der Waals surface area contributed by atoms with E-state index in [1.807, 2.05) is 0 Å². The quantitative estimate of drug-likeness (QED) is 0.304. The molecule has 8 heteroatoms. The van der Waals surface area contributed by atoms with Crippen molar-refractivity contribution in [2.75, 3.05) is 0 Å². The van der Waals surface area contributed by atoms with Crippen LogP contribution < -0.4 is 5.14 Å². The van der Waals surface area contributed by atoms with Crippen molar-refractivity contribution in [2.45, 2.75) is 16.3 Å². The van der Waals surface area contributed by atoms with Crippen LogP contribution in [0.25, 0.3) is 16.0 Å². The van der Waals surface area contributed by atoms with E-state index in [0.29, 0.717) is 11.1 Å². The first-order chi connectivity index (χ1) is 9.36. The third-order valence-corrected chi connectivity index (χ3v) is 4.17. The minimum absolute atomic E-state index is 0.0433. The van der Waals surface area contributed by atoms with Gasteiger partial charge in [-0.25, -0.2) is 13.6 Å².